The van der Waals surface area contributed by atoms with E-state index in [9.17, 15) is 9.59 Å². The normalized spacial score (nSPS) is 22.9. The van der Waals surface area contributed by atoms with E-state index < -0.39 is 5.41 Å². The zero-order valence-corrected chi connectivity index (χ0v) is 15.0. The molecule has 2 saturated heterocycles. The summed E-state index contributed by atoms with van der Waals surface area (Å²) in [4.78, 5) is 37.7. The van der Waals surface area contributed by atoms with Gasteiger partial charge in [0, 0.05) is 25.8 Å². The fourth-order valence-electron chi connectivity index (χ4n) is 3.95. The summed E-state index contributed by atoms with van der Waals surface area (Å²) >= 11 is 5.91. The zero-order valence-electron chi connectivity index (χ0n) is 14.3. The van der Waals surface area contributed by atoms with Gasteiger partial charge in [-0.25, -0.2) is 4.98 Å². The van der Waals surface area contributed by atoms with Crippen LogP contribution in [0.4, 0.5) is 5.69 Å². The molecule has 0 bridgehead atoms. The number of pyridine rings is 2. The first-order chi connectivity index (χ1) is 12.6. The molecule has 2 fully saturated rings. The molecule has 4 rings (SSSR count). The van der Waals surface area contributed by atoms with Crippen LogP contribution in [0, 0.1) is 5.41 Å². The Bertz CT molecular complexity index is 844. The predicted octanol–water partition coefficient (Wildman–Crippen LogP) is 2.79. The molecule has 2 aromatic rings. The summed E-state index contributed by atoms with van der Waals surface area (Å²) in [6.45, 7) is 1.71. The van der Waals surface area contributed by atoms with Crippen LogP contribution in [0.25, 0.3) is 0 Å². The molecular formula is C19H19ClN4O2. The molecule has 0 N–H and O–H groups in total. The summed E-state index contributed by atoms with van der Waals surface area (Å²) < 4.78 is 0. The lowest BCUT2D eigenvalue weighted by Gasteiger charge is -2.38. The minimum Gasteiger partial charge on any atom is -0.336 e. The molecule has 2 amide bonds. The first-order valence-electron chi connectivity index (χ1n) is 8.73. The van der Waals surface area contributed by atoms with Crippen molar-refractivity contribution in [2.45, 2.75) is 19.3 Å². The van der Waals surface area contributed by atoms with Crippen molar-refractivity contribution in [2.75, 3.05) is 24.5 Å². The molecule has 7 heteroatoms. The Kier molecular flexibility index (Phi) is 4.36. The van der Waals surface area contributed by atoms with Gasteiger partial charge in [-0.05, 0) is 43.5 Å². The van der Waals surface area contributed by atoms with Gasteiger partial charge >= 0.3 is 0 Å². The highest BCUT2D eigenvalue weighted by Gasteiger charge is 2.50. The molecule has 6 nitrogen and oxygen atoms in total. The van der Waals surface area contributed by atoms with E-state index in [1.54, 1.807) is 40.4 Å². The molecule has 1 unspecified atom stereocenters. The molecule has 2 aliphatic rings. The van der Waals surface area contributed by atoms with Crippen molar-refractivity contribution in [3.05, 3.63) is 53.6 Å². The number of carbonyl (C=O) groups excluding carboxylic acids is 2. The summed E-state index contributed by atoms with van der Waals surface area (Å²) in [5.74, 6) is -0.0822. The maximum atomic E-state index is 13.2. The van der Waals surface area contributed by atoms with Crippen LogP contribution in [0.2, 0.25) is 5.15 Å². The fourth-order valence-corrected chi connectivity index (χ4v) is 4.12. The van der Waals surface area contributed by atoms with Crippen LogP contribution < -0.4 is 4.90 Å². The number of piperidine rings is 1. The van der Waals surface area contributed by atoms with Gasteiger partial charge in [0.05, 0.1) is 17.3 Å². The second kappa shape index (κ2) is 6.68. The Morgan fingerprint density at radius 1 is 1.15 bits per heavy atom. The molecule has 2 aromatic heterocycles. The maximum absolute atomic E-state index is 13.2. The molecule has 0 radical (unpaired) electrons. The average Bonchev–Trinajstić information content (AvgIpc) is 2.98. The van der Waals surface area contributed by atoms with E-state index in [0.717, 1.165) is 24.9 Å². The summed E-state index contributed by atoms with van der Waals surface area (Å²) in [6, 6.07) is 8.74. The van der Waals surface area contributed by atoms with E-state index >= 15 is 0 Å². The first-order valence-corrected chi connectivity index (χ1v) is 9.11. The monoisotopic (exact) mass is 370 g/mol. The quantitative estimate of drug-likeness (QED) is 0.762. The highest BCUT2D eigenvalue weighted by atomic mass is 35.5. The third-order valence-corrected chi connectivity index (χ3v) is 5.48. The van der Waals surface area contributed by atoms with Gasteiger partial charge in [-0.2, -0.15) is 0 Å². The van der Waals surface area contributed by atoms with Gasteiger partial charge in [0.15, 0.2) is 0 Å². The highest BCUT2D eigenvalue weighted by molar-refractivity contribution is 6.29. The van der Waals surface area contributed by atoms with E-state index in [1.165, 1.54) is 0 Å². The largest absolute Gasteiger partial charge is 0.336 e. The number of rotatable bonds is 2. The number of hydrogen-bond donors (Lipinski definition) is 0. The van der Waals surface area contributed by atoms with Crippen molar-refractivity contribution >= 4 is 29.1 Å². The van der Waals surface area contributed by atoms with Gasteiger partial charge in [0.25, 0.3) is 5.91 Å². The van der Waals surface area contributed by atoms with Crippen molar-refractivity contribution in [3.8, 4) is 0 Å². The van der Waals surface area contributed by atoms with Crippen LogP contribution in [-0.4, -0.2) is 46.3 Å². The lowest BCUT2D eigenvalue weighted by molar-refractivity contribution is -0.127. The lowest BCUT2D eigenvalue weighted by atomic mass is 9.78. The second-order valence-corrected chi connectivity index (χ2v) is 7.26. The van der Waals surface area contributed by atoms with E-state index in [0.29, 0.717) is 30.5 Å². The summed E-state index contributed by atoms with van der Waals surface area (Å²) in [7, 11) is 0. The van der Waals surface area contributed by atoms with Crippen LogP contribution in [0.15, 0.2) is 42.7 Å². The van der Waals surface area contributed by atoms with Crippen LogP contribution in [-0.2, 0) is 4.79 Å². The summed E-state index contributed by atoms with van der Waals surface area (Å²) in [6.07, 6.45) is 5.75. The third-order valence-electron chi connectivity index (χ3n) is 5.27. The van der Waals surface area contributed by atoms with Crippen molar-refractivity contribution in [1.82, 2.24) is 14.9 Å². The van der Waals surface area contributed by atoms with Gasteiger partial charge in [0.2, 0.25) is 5.91 Å². The molecule has 1 spiro atoms. The highest BCUT2D eigenvalue weighted by Crippen LogP contribution is 2.41. The molecular weight excluding hydrogens is 352 g/mol. The molecule has 26 heavy (non-hydrogen) atoms. The van der Waals surface area contributed by atoms with Crippen LogP contribution >= 0.6 is 11.6 Å². The maximum Gasteiger partial charge on any atom is 0.272 e. The molecule has 0 aliphatic carbocycles. The van der Waals surface area contributed by atoms with Gasteiger partial charge in [-0.1, -0.05) is 17.7 Å². The van der Waals surface area contributed by atoms with Crippen LogP contribution in [0.1, 0.15) is 29.8 Å². The first kappa shape index (κ1) is 17.0. The van der Waals surface area contributed by atoms with E-state index in [1.807, 2.05) is 12.1 Å². The number of anilines is 1. The Morgan fingerprint density at radius 2 is 2.04 bits per heavy atom. The number of amides is 2. The van der Waals surface area contributed by atoms with E-state index in [-0.39, 0.29) is 11.8 Å². The average molecular weight is 371 g/mol. The standard InChI is InChI=1S/C19H19ClN4O2/c20-16-6-1-5-15(22-16)17(25)23-10-3-7-19(13-23)8-11-24(18(19)26)14-4-2-9-21-12-14/h1-2,4-6,9,12H,3,7-8,10-11,13H2. The molecule has 0 aromatic carbocycles. The van der Waals surface area contributed by atoms with Gasteiger partial charge in [-0.3, -0.25) is 14.6 Å². The zero-order chi connectivity index (χ0) is 18.1. The van der Waals surface area contributed by atoms with Gasteiger partial charge in [0.1, 0.15) is 10.8 Å². The molecule has 2 aliphatic heterocycles. The van der Waals surface area contributed by atoms with Crippen molar-refractivity contribution in [2.24, 2.45) is 5.41 Å². The number of carbonyl (C=O) groups is 2. The number of hydrogen-bond acceptors (Lipinski definition) is 4. The second-order valence-electron chi connectivity index (χ2n) is 6.87. The van der Waals surface area contributed by atoms with E-state index in [2.05, 4.69) is 9.97 Å². The molecule has 134 valence electrons. The number of aromatic nitrogens is 2. The number of likely N-dealkylation sites (tertiary alicyclic amines) is 1. The Hall–Kier alpha value is -2.47. The SMILES string of the molecule is O=C(c1cccc(Cl)n1)N1CCCC2(CCN(c3cccnc3)C2=O)C1. The van der Waals surface area contributed by atoms with Crippen molar-refractivity contribution in [3.63, 3.8) is 0 Å². The topological polar surface area (TPSA) is 66.4 Å². The summed E-state index contributed by atoms with van der Waals surface area (Å²) in [5.41, 5.74) is 0.626. The molecule has 4 heterocycles. The van der Waals surface area contributed by atoms with Crippen LogP contribution in [0.5, 0.6) is 0 Å². The number of halogens is 1. The molecule has 1 atom stereocenters. The number of nitrogens with zero attached hydrogens (tertiary/aromatic N) is 4. The Balaban J connectivity index is 1.55. The van der Waals surface area contributed by atoms with Gasteiger partial charge < -0.3 is 9.80 Å². The summed E-state index contributed by atoms with van der Waals surface area (Å²) in [5, 5.41) is 0.294. The third kappa shape index (κ3) is 2.94. The molecule has 0 saturated carbocycles. The Morgan fingerprint density at radius 3 is 2.81 bits per heavy atom. The van der Waals surface area contributed by atoms with Crippen molar-refractivity contribution < 1.29 is 9.59 Å². The predicted molar refractivity (Wildman–Crippen MR) is 98.0 cm³/mol. The smallest absolute Gasteiger partial charge is 0.272 e. The van der Waals surface area contributed by atoms with Gasteiger partial charge in [-0.15, -0.1) is 0 Å². The van der Waals surface area contributed by atoms with Crippen LogP contribution in [0.3, 0.4) is 0 Å². The fraction of sp³-hybridized carbons (Fsp3) is 0.368. The minimum atomic E-state index is -0.512. The van der Waals surface area contributed by atoms with E-state index in [4.69, 9.17) is 11.6 Å². The Labute approximate surface area is 156 Å². The van der Waals surface area contributed by atoms with Crippen molar-refractivity contribution in [1.29, 1.82) is 0 Å². The minimum absolute atomic E-state index is 0.0852. The lowest BCUT2D eigenvalue weighted by Crippen LogP contribution is -2.50.